The zero-order valence-electron chi connectivity index (χ0n) is 6.95. The number of hydrogen-bond donors (Lipinski definition) is 0. The summed E-state index contributed by atoms with van der Waals surface area (Å²) in [6, 6.07) is 4.29. The second kappa shape index (κ2) is 4.18. The minimum absolute atomic E-state index is 0.383. The van der Waals surface area contributed by atoms with Gasteiger partial charge in [-0.2, -0.15) is 10.5 Å². The maximum absolute atomic E-state index is 8.59. The fourth-order valence-corrected chi connectivity index (χ4v) is 2.30. The van der Waals surface area contributed by atoms with Gasteiger partial charge in [0, 0.05) is 12.2 Å². The summed E-state index contributed by atoms with van der Waals surface area (Å²) >= 11 is 1.60. The summed E-state index contributed by atoms with van der Waals surface area (Å²) in [4.78, 5) is 0.810. The Bertz CT molecular complexity index is 269. The number of allylic oxidation sites excluding steroid dienone is 2. The molecule has 0 radical (unpaired) electrons. The van der Waals surface area contributed by atoms with E-state index in [9.17, 15) is 0 Å². The first-order valence-corrected chi connectivity index (χ1v) is 4.88. The molecule has 0 bridgehead atoms. The third-order valence-corrected chi connectivity index (χ3v) is 3.14. The SMILES string of the molecule is CC(CC#N)C1C=C(C#N)SC1. The van der Waals surface area contributed by atoms with E-state index in [1.165, 1.54) is 0 Å². The van der Waals surface area contributed by atoms with Crippen LogP contribution in [0.5, 0.6) is 0 Å². The van der Waals surface area contributed by atoms with Gasteiger partial charge in [0.1, 0.15) is 6.07 Å². The van der Waals surface area contributed by atoms with Crippen LogP contribution < -0.4 is 0 Å². The molecule has 1 aliphatic rings. The Morgan fingerprint density at radius 2 is 2.50 bits per heavy atom. The van der Waals surface area contributed by atoms with E-state index in [0.717, 1.165) is 10.7 Å². The van der Waals surface area contributed by atoms with Gasteiger partial charge in [-0.25, -0.2) is 0 Å². The molecule has 2 atom stereocenters. The Morgan fingerprint density at radius 3 is 3.00 bits per heavy atom. The largest absolute Gasteiger partial charge is 0.198 e. The van der Waals surface area contributed by atoms with Crippen LogP contribution in [0.15, 0.2) is 11.0 Å². The van der Waals surface area contributed by atoms with Crippen LogP contribution in [0.4, 0.5) is 0 Å². The minimum Gasteiger partial charge on any atom is -0.198 e. The van der Waals surface area contributed by atoms with Crippen molar-refractivity contribution in [1.29, 1.82) is 10.5 Å². The van der Waals surface area contributed by atoms with Crippen molar-refractivity contribution >= 4 is 11.8 Å². The average molecular weight is 178 g/mol. The average Bonchev–Trinajstić information content (AvgIpc) is 2.52. The molecule has 1 rings (SSSR count). The van der Waals surface area contributed by atoms with Crippen molar-refractivity contribution in [2.75, 3.05) is 5.75 Å². The molecule has 0 saturated heterocycles. The lowest BCUT2D eigenvalue weighted by molar-refractivity contribution is 0.480. The standard InChI is InChI=1S/C9H10N2S/c1-7(2-3-10)8-4-9(5-11)12-6-8/h4,7-8H,2,6H2,1H3. The fraction of sp³-hybridized carbons (Fsp3) is 0.556. The summed E-state index contributed by atoms with van der Waals surface area (Å²) < 4.78 is 0. The number of hydrogen-bond acceptors (Lipinski definition) is 3. The smallest absolute Gasteiger partial charge is 0.106 e. The number of rotatable bonds is 2. The maximum Gasteiger partial charge on any atom is 0.106 e. The summed E-state index contributed by atoms with van der Waals surface area (Å²) in [6.45, 7) is 2.06. The van der Waals surface area contributed by atoms with Gasteiger partial charge in [0.2, 0.25) is 0 Å². The third-order valence-electron chi connectivity index (χ3n) is 2.05. The molecule has 1 aliphatic heterocycles. The van der Waals surface area contributed by atoms with E-state index < -0.39 is 0 Å². The highest BCUT2D eigenvalue weighted by atomic mass is 32.2. The van der Waals surface area contributed by atoms with Gasteiger partial charge in [-0.05, 0) is 11.8 Å². The molecule has 3 heteroatoms. The highest BCUT2D eigenvalue weighted by molar-refractivity contribution is 8.03. The predicted octanol–water partition coefficient (Wildman–Crippen LogP) is 2.31. The van der Waals surface area contributed by atoms with E-state index in [1.54, 1.807) is 11.8 Å². The Hall–Kier alpha value is -0.930. The van der Waals surface area contributed by atoms with Crippen molar-refractivity contribution < 1.29 is 0 Å². The molecule has 1 heterocycles. The Kier molecular flexibility index (Phi) is 3.19. The Labute approximate surface area is 76.9 Å². The van der Waals surface area contributed by atoms with Crippen LogP contribution in [0.3, 0.4) is 0 Å². The van der Waals surface area contributed by atoms with Crippen molar-refractivity contribution in [2.24, 2.45) is 11.8 Å². The minimum atomic E-state index is 0.383. The molecule has 12 heavy (non-hydrogen) atoms. The quantitative estimate of drug-likeness (QED) is 0.652. The molecule has 0 aromatic rings. The van der Waals surface area contributed by atoms with Crippen molar-refractivity contribution in [3.63, 3.8) is 0 Å². The van der Waals surface area contributed by atoms with Crippen LogP contribution in [-0.4, -0.2) is 5.75 Å². The van der Waals surface area contributed by atoms with E-state index in [-0.39, 0.29) is 0 Å². The first kappa shape index (κ1) is 9.16. The second-order valence-corrected chi connectivity index (χ2v) is 4.02. The Balaban J connectivity index is 2.53. The summed E-state index contributed by atoms with van der Waals surface area (Å²) in [5, 5.41) is 17.1. The maximum atomic E-state index is 8.59. The van der Waals surface area contributed by atoms with Crippen LogP contribution in [0.1, 0.15) is 13.3 Å². The molecular weight excluding hydrogens is 168 g/mol. The highest BCUT2D eigenvalue weighted by Gasteiger charge is 2.21. The summed E-state index contributed by atoms with van der Waals surface area (Å²) in [7, 11) is 0. The normalized spacial score (nSPS) is 23.9. The lowest BCUT2D eigenvalue weighted by Crippen LogP contribution is -2.08. The van der Waals surface area contributed by atoms with E-state index in [2.05, 4.69) is 19.1 Å². The highest BCUT2D eigenvalue weighted by Crippen LogP contribution is 2.33. The van der Waals surface area contributed by atoms with Gasteiger partial charge < -0.3 is 0 Å². The summed E-state index contributed by atoms with van der Waals surface area (Å²) in [6.07, 6.45) is 2.58. The van der Waals surface area contributed by atoms with Gasteiger partial charge in [0.25, 0.3) is 0 Å². The zero-order valence-corrected chi connectivity index (χ0v) is 7.77. The summed E-state index contributed by atoms with van der Waals surface area (Å²) in [5.74, 6) is 1.77. The van der Waals surface area contributed by atoms with Gasteiger partial charge >= 0.3 is 0 Å². The van der Waals surface area contributed by atoms with Crippen molar-refractivity contribution in [3.8, 4) is 12.1 Å². The molecule has 0 saturated carbocycles. The molecule has 0 spiro atoms. The van der Waals surface area contributed by atoms with Crippen LogP contribution in [0, 0.1) is 34.5 Å². The predicted molar refractivity (Wildman–Crippen MR) is 49.0 cm³/mol. The number of nitrogens with zero attached hydrogens (tertiary/aromatic N) is 2. The van der Waals surface area contributed by atoms with Gasteiger partial charge in [-0.3, -0.25) is 0 Å². The molecule has 0 amide bonds. The van der Waals surface area contributed by atoms with Crippen LogP contribution >= 0.6 is 11.8 Å². The van der Waals surface area contributed by atoms with Gasteiger partial charge in [0.05, 0.1) is 11.0 Å². The van der Waals surface area contributed by atoms with Gasteiger partial charge in [-0.15, -0.1) is 11.8 Å². The topological polar surface area (TPSA) is 47.6 Å². The molecule has 0 aromatic heterocycles. The fourth-order valence-electron chi connectivity index (χ4n) is 1.17. The van der Waals surface area contributed by atoms with Crippen molar-refractivity contribution in [2.45, 2.75) is 13.3 Å². The zero-order chi connectivity index (χ0) is 8.97. The molecule has 0 fully saturated rings. The van der Waals surface area contributed by atoms with E-state index >= 15 is 0 Å². The van der Waals surface area contributed by atoms with Gasteiger partial charge in [-0.1, -0.05) is 13.0 Å². The van der Waals surface area contributed by atoms with Crippen LogP contribution in [0.25, 0.3) is 0 Å². The monoisotopic (exact) mass is 178 g/mol. The molecule has 62 valence electrons. The lowest BCUT2D eigenvalue weighted by Gasteiger charge is -2.11. The molecule has 2 unspecified atom stereocenters. The molecule has 2 nitrogen and oxygen atoms in total. The summed E-state index contributed by atoms with van der Waals surface area (Å²) in [5.41, 5.74) is 0. The number of nitriles is 2. The second-order valence-electron chi connectivity index (χ2n) is 2.96. The van der Waals surface area contributed by atoms with Crippen molar-refractivity contribution in [3.05, 3.63) is 11.0 Å². The molecular formula is C9H10N2S. The molecule has 0 N–H and O–H groups in total. The van der Waals surface area contributed by atoms with Crippen molar-refractivity contribution in [1.82, 2.24) is 0 Å². The molecule has 0 aliphatic carbocycles. The first-order chi connectivity index (χ1) is 5.77. The first-order valence-electron chi connectivity index (χ1n) is 3.89. The third kappa shape index (κ3) is 2.03. The Morgan fingerprint density at radius 1 is 1.75 bits per heavy atom. The number of thioether (sulfide) groups is 1. The van der Waals surface area contributed by atoms with E-state index in [4.69, 9.17) is 10.5 Å². The van der Waals surface area contributed by atoms with Crippen LogP contribution in [0.2, 0.25) is 0 Å². The lowest BCUT2D eigenvalue weighted by atomic mass is 9.93. The van der Waals surface area contributed by atoms with Crippen LogP contribution in [-0.2, 0) is 0 Å². The van der Waals surface area contributed by atoms with E-state index in [0.29, 0.717) is 18.3 Å². The van der Waals surface area contributed by atoms with Gasteiger partial charge in [0.15, 0.2) is 0 Å². The van der Waals surface area contributed by atoms with E-state index in [1.807, 2.05) is 6.08 Å². The molecule has 0 aromatic carbocycles.